The van der Waals surface area contributed by atoms with Crippen LogP contribution < -0.4 is 10.2 Å². The normalized spacial score (nSPS) is 10.0. The molecule has 0 radical (unpaired) electrons. The smallest absolute Gasteiger partial charge is 0.231 e. The lowest BCUT2D eigenvalue weighted by Gasteiger charge is -2.17. The second kappa shape index (κ2) is 5.95. The molecular weight excluding hydrogens is 240 g/mol. The number of carbonyl (C=O) groups excluding carboxylic acids is 1. The van der Waals surface area contributed by atoms with Crippen molar-refractivity contribution < 1.29 is 4.79 Å². The number of anilines is 2. The average molecular weight is 256 g/mol. The van der Waals surface area contributed by atoms with Crippen molar-refractivity contribution in [1.29, 1.82) is 0 Å². The van der Waals surface area contributed by atoms with Gasteiger partial charge in [0, 0.05) is 26.5 Å². The molecule has 0 aliphatic heterocycles. The molecule has 1 amide bonds. The number of pyridine rings is 2. The first-order valence-corrected chi connectivity index (χ1v) is 6.00. The molecule has 2 aromatic rings. The van der Waals surface area contributed by atoms with Crippen LogP contribution in [-0.2, 0) is 11.2 Å². The van der Waals surface area contributed by atoms with Crippen molar-refractivity contribution >= 4 is 17.4 Å². The maximum atomic E-state index is 12.1. The Labute approximate surface area is 112 Å². The topological polar surface area (TPSA) is 58.1 Å². The van der Waals surface area contributed by atoms with E-state index in [1.54, 1.807) is 37.6 Å². The van der Waals surface area contributed by atoms with Crippen LogP contribution in [0.3, 0.4) is 0 Å². The van der Waals surface area contributed by atoms with Gasteiger partial charge in [-0.3, -0.25) is 9.78 Å². The van der Waals surface area contributed by atoms with E-state index in [4.69, 9.17) is 0 Å². The standard InChI is InChI=1S/C14H16N4O/c1-15-13-6-5-12(10-17-13)18(2)14(19)8-11-4-3-7-16-9-11/h3-7,9-10H,8H2,1-2H3,(H,15,17). The van der Waals surface area contributed by atoms with E-state index >= 15 is 0 Å². The zero-order valence-electron chi connectivity index (χ0n) is 11.0. The summed E-state index contributed by atoms with van der Waals surface area (Å²) in [7, 11) is 3.55. The maximum Gasteiger partial charge on any atom is 0.231 e. The quantitative estimate of drug-likeness (QED) is 0.905. The minimum Gasteiger partial charge on any atom is -0.373 e. The molecule has 0 aliphatic carbocycles. The zero-order chi connectivity index (χ0) is 13.7. The summed E-state index contributed by atoms with van der Waals surface area (Å²) in [4.78, 5) is 21.9. The van der Waals surface area contributed by atoms with Crippen molar-refractivity contribution in [3.05, 3.63) is 48.4 Å². The summed E-state index contributed by atoms with van der Waals surface area (Å²) in [5.74, 6) is 0.781. The number of nitrogens with one attached hydrogen (secondary N) is 1. The Bertz CT molecular complexity index is 539. The first-order valence-electron chi connectivity index (χ1n) is 6.00. The van der Waals surface area contributed by atoms with Gasteiger partial charge in [0.2, 0.25) is 5.91 Å². The molecule has 5 heteroatoms. The van der Waals surface area contributed by atoms with Gasteiger partial charge in [0.15, 0.2) is 0 Å². The van der Waals surface area contributed by atoms with Gasteiger partial charge < -0.3 is 10.2 Å². The number of hydrogen-bond donors (Lipinski definition) is 1. The Morgan fingerprint density at radius 2 is 2.16 bits per heavy atom. The lowest BCUT2D eigenvalue weighted by atomic mass is 10.2. The third-order valence-corrected chi connectivity index (χ3v) is 2.84. The number of carbonyl (C=O) groups is 1. The molecular formula is C14H16N4O. The Balaban J connectivity index is 2.06. The summed E-state index contributed by atoms with van der Waals surface area (Å²) < 4.78 is 0. The van der Waals surface area contributed by atoms with Gasteiger partial charge in [0.05, 0.1) is 18.3 Å². The van der Waals surface area contributed by atoms with Gasteiger partial charge in [-0.25, -0.2) is 4.98 Å². The minimum atomic E-state index is 0.00649. The van der Waals surface area contributed by atoms with E-state index in [0.717, 1.165) is 17.1 Å². The highest BCUT2D eigenvalue weighted by Crippen LogP contribution is 2.14. The molecule has 5 nitrogen and oxygen atoms in total. The average Bonchev–Trinajstić information content (AvgIpc) is 2.47. The van der Waals surface area contributed by atoms with Crippen molar-refractivity contribution in [1.82, 2.24) is 9.97 Å². The van der Waals surface area contributed by atoms with Crippen molar-refractivity contribution in [2.45, 2.75) is 6.42 Å². The van der Waals surface area contributed by atoms with Crippen LogP contribution in [0.1, 0.15) is 5.56 Å². The summed E-state index contributed by atoms with van der Waals surface area (Å²) in [6.45, 7) is 0. The summed E-state index contributed by atoms with van der Waals surface area (Å²) in [6, 6.07) is 7.41. The Morgan fingerprint density at radius 1 is 1.32 bits per heavy atom. The lowest BCUT2D eigenvalue weighted by molar-refractivity contribution is -0.117. The molecule has 0 fully saturated rings. The van der Waals surface area contributed by atoms with Gasteiger partial charge in [-0.05, 0) is 23.8 Å². The van der Waals surface area contributed by atoms with Gasteiger partial charge >= 0.3 is 0 Å². The molecule has 2 heterocycles. The largest absolute Gasteiger partial charge is 0.373 e. The molecule has 2 rings (SSSR count). The van der Waals surface area contributed by atoms with Crippen LogP contribution in [0.15, 0.2) is 42.9 Å². The van der Waals surface area contributed by atoms with Gasteiger partial charge in [0.1, 0.15) is 5.82 Å². The SMILES string of the molecule is CNc1ccc(N(C)C(=O)Cc2cccnc2)cn1. The highest BCUT2D eigenvalue weighted by molar-refractivity contribution is 5.94. The molecule has 0 spiro atoms. The third-order valence-electron chi connectivity index (χ3n) is 2.84. The van der Waals surface area contributed by atoms with Crippen molar-refractivity contribution in [2.24, 2.45) is 0 Å². The highest BCUT2D eigenvalue weighted by atomic mass is 16.2. The molecule has 1 N–H and O–H groups in total. The van der Waals surface area contributed by atoms with Gasteiger partial charge in [0.25, 0.3) is 0 Å². The molecule has 0 aromatic carbocycles. The van der Waals surface area contributed by atoms with E-state index in [-0.39, 0.29) is 5.91 Å². The fourth-order valence-corrected chi connectivity index (χ4v) is 1.67. The van der Waals surface area contributed by atoms with E-state index < -0.39 is 0 Å². The molecule has 0 atom stereocenters. The highest BCUT2D eigenvalue weighted by Gasteiger charge is 2.11. The number of nitrogens with zero attached hydrogens (tertiary/aromatic N) is 3. The van der Waals surface area contributed by atoms with Gasteiger partial charge in [-0.1, -0.05) is 6.07 Å². The second-order valence-electron chi connectivity index (χ2n) is 4.14. The van der Waals surface area contributed by atoms with Crippen LogP contribution in [0.5, 0.6) is 0 Å². The molecule has 2 aromatic heterocycles. The molecule has 0 unspecified atom stereocenters. The molecule has 0 saturated carbocycles. The van der Waals surface area contributed by atoms with E-state index in [9.17, 15) is 4.79 Å². The fraction of sp³-hybridized carbons (Fsp3) is 0.214. The summed E-state index contributed by atoms with van der Waals surface area (Å²) in [6.07, 6.45) is 5.40. The minimum absolute atomic E-state index is 0.00649. The molecule has 0 aliphatic rings. The monoisotopic (exact) mass is 256 g/mol. The Kier molecular flexibility index (Phi) is 4.07. The third kappa shape index (κ3) is 3.28. The van der Waals surface area contributed by atoms with Crippen LogP contribution in [-0.4, -0.2) is 30.0 Å². The van der Waals surface area contributed by atoms with Crippen molar-refractivity contribution in [2.75, 3.05) is 24.3 Å². The van der Waals surface area contributed by atoms with Crippen LogP contribution in [0.25, 0.3) is 0 Å². The van der Waals surface area contributed by atoms with Crippen LogP contribution in [0.4, 0.5) is 11.5 Å². The number of likely N-dealkylation sites (N-methyl/N-ethyl adjacent to an activating group) is 1. The van der Waals surface area contributed by atoms with E-state index in [1.165, 1.54) is 0 Å². The fourth-order valence-electron chi connectivity index (χ4n) is 1.67. The number of amides is 1. The van der Waals surface area contributed by atoms with Gasteiger partial charge in [-0.15, -0.1) is 0 Å². The number of rotatable bonds is 4. The number of aromatic nitrogens is 2. The second-order valence-corrected chi connectivity index (χ2v) is 4.14. The predicted octanol–water partition coefficient (Wildman–Crippen LogP) is 1.72. The van der Waals surface area contributed by atoms with E-state index in [1.807, 2.05) is 24.3 Å². The summed E-state index contributed by atoms with van der Waals surface area (Å²) >= 11 is 0. The van der Waals surface area contributed by atoms with Crippen LogP contribution >= 0.6 is 0 Å². The lowest BCUT2D eigenvalue weighted by Crippen LogP contribution is -2.27. The Morgan fingerprint density at radius 3 is 2.74 bits per heavy atom. The van der Waals surface area contributed by atoms with E-state index in [2.05, 4.69) is 15.3 Å². The van der Waals surface area contributed by atoms with Crippen molar-refractivity contribution in [3.63, 3.8) is 0 Å². The summed E-state index contributed by atoms with van der Waals surface area (Å²) in [5.41, 5.74) is 1.67. The maximum absolute atomic E-state index is 12.1. The summed E-state index contributed by atoms with van der Waals surface area (Å²) in [5, 5.41) is 2.94. The predicted molar refractivity (Wildman–Crippen MR) is 75.1 cm³/mol. The van der Waals surface area contributed by atoms with E-state index in [0.29, 0.717) is 6.42 Å². The number of hydrogen-bond acceptors (Lipinski definition) is 4. The molecule has 0 saturated heterocycles. The van der Waals surface area contributed by atoms with Crippen LogP contribution in [0, 0.1) is 0 Å². The van der Waals surface area contributed by atoms with Gasteiger partial charge in [-0.2, -0.15) is 0 Å². The van der Waals surface area contributed by atoms with Crippen LogP contribution in [0.2, 0.25) is 0 Å². The first kappa shape index (κ1) is 13.0. The Hall–Kier alpha value is -2.43. The first-order chi connectivity index (χ1) is 9.20. The molecule has 0 bridgehead atoms. The molecule has 19 heavy (non-hydrogen) atoms. The molecule has 98 valence electrons. The zero-order valence-corrected chi connectivity index (χ0v) is 11.0. The van der Waals surface area contributed by atoms with Crippen molar-refractivity contribution in [3.8, 4) is 0 Å².